The number of amides is 1. The summed E-state index contributed by atoms with van der Waals surface area (Å²) < 4.78 is 6.76. The molecule has 1 atom stereocenters. The van der Waals surface area contributed by atoms with Crippen LogP contribution in [0.15, 0.2) is 30.7 Å². The van der Waals surface area contributed by atoms with Crippen molar-refractivity contribution in [1.82, 2.24) is 14.8 Å². The molecule has 0 radical (unpaired) electrons. The fourth-order valence-corrected chi connectivity index (χ4v) is 3.14. The summed E-state index contributed by atoms with van der Waals surface area (Å²) in [5.41, 5.74) is 1.36. The summed E-state index contributed by atoms with van der Waals surface area (Å²) in [6.07, 6.45) is 7.11. The molecule has 6 nitrogen and oxygen atoms in total. The predicted octanol–water partition coefficient (Wildman–Crippen LogP) is 2.90. The second kappa shape index (κ2) is 9.05. The lowest BCUT2D eigenvalue weighted by atomic mass is 10.2. The molecule has 0 fully saturated rings. The maximum Gasteiger partial charge on any atom is 0.230 e. The number of nitrogens with zero attached hydrogens (tertiary/aromatic N) is 4. The Balaban J connectivity index is 2.32. The largest absolute Gasteiger partial charge is 0.383 e. The van der Waals surface area contributed by atoms with Crippen LogP contribution in [0.4, 0.5) is 5.69 Å². The number of carbonyl (C=O) groups is 1. The minimum absolute atomic E-state index is 0.00837. The topological polar surface area (TPSA) is 60.2 Å². The molecule has 1 unspecified atom stereocenters. The van der Waals surface area contributed by atoms with Crippen LogP contribution in [0.3, 0.4) is 0 Å². The molecule has 0 aliphatic carbocycles. The maximum absolute atomic E-state index is 12.8. The lowest BCUT2D eigenvalue weighted by molar-refractivity contribution is -0.121. The highest BCUT2D eigenvalue weighted by Gasteiger charge is 2.25. The third-order valence-corrected chi connectivity index (χ3v) is 4.58. The molecular formula is C16H21ClN4O2S. The van der Waals surface area contributed by atoms with Gasteiger partial charge < -0.3 is 9.64 Å². The molecule has 1 amide bonds. The zero-order chi connectivity index (χ0) is 17.5. The van der Waals surface area contributed by atoms with Crippen LogP contribution in [0.25, 0.3) is 5.69 Å². The second-order valence-corrected chi connectivity index (χ2v) is 6.57. The van der Waals surface area contributed by atoms with Crippen LogP contribution >= 0.6 is 23.4 Å². The van der Waals surface area contributed by atoms with Crippen molar-refractivity contribution in [1.29, 1.82) is 0 Å². The number of carbonyl (C=O) groups excluding carboxylic acids is 1. The van der Waals surface area contributed by atoms with Gasteiger partial charge in [0.25, 0.3) is 0 Å². The average molecular weight is 369 g/mol. The predicted molar refractivity (Wildman–Crippen MR) is 98.1 cm³/mol. The van der Waals surface area contributed by atoms with Crippen LogP contribution in [-0.4, -0.2) is 52.9 Å². The number of methoxy groups -OCH3 is 1. The third-order valence-electron chi connectivity index (χ3n) is 3.48. The molecule has 2 aromatic rings. The highest BCUT2D eigenvalue weighted by atomic mass is 35.5. The monoisotopic (exact) mass is 368 g/mol. The molecule has 0 saturated carbocycles. The van der Waals surface area contributed by atoms with Crippen molar-refractivity contribution in [2.24, 2.45) is 5.92 Å². The summed E-state index contributed by atoms with van der Waals surface area (Å²) in [5.74, 6) is 0.639. The fourth-order valence-electron chi connectivity index (χ4n) is 2.27. The molecule has 0 aliphatic rings. The minimum Gasteiger partial charge on any atom is -0.383 e. The minimum atomic E-state index is -0.116. The quantitative estimate of drug-likeness (QED) is 0.717. The Hall–Kier alpha value is -1.57. The van der Waals surface area contributed by atoms with Gasteiger partial charge in [0, 0.05) is 31.5 Å². The normalized spacial score (nSPS) is 12.2. The first-order valence-corrected chi connectivity index (χ1v) is 9.30. The summed E-state index contributed by atoms with van der Waals surface area (Å²) in [7, 11) is 1.61. The van der Waals surface area contributed by atoms with Crippen molar-refractivity contribution in [3.05, 3.63) is 35.9 Å². The van der Waals surface area contributed by atoms with E-state index in [1.807, 2.05) is 25.3 Å². The highest BCUT2D eigenvalue weighted by molar-refractivity contribution is 7.98. The average Bonchev–Trinajstić information content (AvgIpc) is 2.98. The maximum atomic E-state index is 12.8. The number of rotatable bonds is 8. The van der Waals surface area contributed by atoms with E-state index < -0.39 is 0 Å². The van der Waals surface area contributed by atoms with E-state index in [1.54, 1.807) is 47.0 Å². The number of hydrogen-bond acceptors (Lipinski definition) is 5. The highest BCUT2D eigenvalue weighted by Crippen LogP contribution is 2.27. The number of hydrogen-bond donors (Lipinski definition) is 0. The molecule has 0 aliphatic heterocycles. The van der Waals surface area contributed by atoms with Gasteiger partial charge in [0.2, 0.25) is 5.91 Å². The molecule has 0 N–H and O–H groups in total. The Morgan fingerprint density at radius 3 is 2.96 bits per heavy atom. The van der Waals surface area contributed by atoms with Crippen molar-refractivity contribution in [3.63, 3.8) is 0 Å². The van der Waals surface area contributed by atoms with Gasteiger partial charge in [-0.15, -0.1) is 0 Å². The number of pyridine rings is 1. The molecule has 24 heavy (non-hydrogen) atoms. The van der Waals surface area contributed by atoms with E-state index in [2.05, 4.69) is 10.1 Å². The lowest BCUT2D eigenvalue weighted by Gasteiger charge is -2.24. The summed E-state index contributed by atoms with van der Waals surface area (Å²) in [6, 6.07) is 3.69. The number of aromatic nitrogens is 3. The Labute approximate surface area is 151 Å². The first-order chi connectivity index (χ1) is 11.6. The van der Waals surface area contributed by atoms with Crippen molar-refractivity contribution < 1.29 is 9.53 Å². The Bertz CT molecular complexity index is 665. The van der Waals surface area contributed by atoms with Crippen LogP contribution in [0.1, 0.15) is 6.92 Å². The molecule has 0 aromatic carbocycles. The van der Waals surface area contributed by atoms with Gasteiger partial charge in [-0.3, -0.25) is 9.78 Å². The van der Waals surface area contributed by atoms with E-state index >= 15 is 0 Å². The first-order valence-electron chi connectivity index (χ1n) is 7.53. The molecule has 0 saturated heterocycles. The molecule has 0 spiro atoms. The van der Waals surface area contributed by atoms with Crippen molar-refractivity contribution in [2.75, 3.05) is 37.2 Å². The molecule has 2 rings (SSSR count). The number of anilines is 1. The molecule has 8 heteroatoms. The van der Waals surface area contributed by atoms with Gasteiger partial charge in [-0.05, 0) is 18.4 Å². The number of ether oxygens (including phenoxy) is 1. The first kappa shape index (κ1) is 18.8. The number of halogens is 1. The molecular weight excluding hydrogens is 348 g/mol. The van der Waals surface area contributed by atoms with Crippen LogP contribution in [0.5, 0.6) is 0 Å². The standard InChI is InChI=1S/C16H21ClN4O2S/c1-12(11-24-3)16(22)20(7-8-23-2)14-10-21(19-15(14)17)13-5-4-6-18-9-13/h4-6,9-10,12H,7-8,11H2,1-3H3. The van der Waals surface area contributed by atoms with E-state index in [0.29, 0.717) is 18.8 Å². The van der Waals surface area contributed by atoms with E-state index in [9.17, 15) is 4.79 Å². The van der Waals surface area contributed by atoms with Crippen molar-refractivity contribution in [3.8, 4) is 5.69 Å². The molecule has 2 aromatic heterocycles. The number of thioether (sulfide) groups is 1. The van der Waals surface area contributed by atoms with E-state index in [0.717, 1.165) is 11.4 Å². The van der Waals surface area contributed by atoms with Crippen LogP contribution in [0.2, 0.25) is 5.15 Å². The van der Waals surface area contributed by atoms with E-state index in [4.69, 9.17) is 16.3 Å². The van der Waals surface area contributed by atoms with Crippen LogP contribution in [-0.2, 0) is 9.53 Å². The second-order valence-electron chi connectivity index (χ2n) is 5.30. The van der Waals surface area contributed by atoms with Crippen LogP contribution < -0.4 is 4.90 Å². The fraction of sp³-hybridized carbons (Fsp3) is 0.438. The van der Waals surface area contributed by atoms with Gasteiger partial charge in [0.1, 0.15) is 5.69 Å². The van der Waals surface area contributed by atoms with E-state index in [1.165, 1.54) is 0 Å². The smallest absolute Gasteiger partial charge is 0.230 e. The van der Waals surface area contributed by atoms with Crippen molar-refractivity contribution >= 4 is 35.0 Å². The Morgan fingerprint density at radius 1 is 1.54 bits per heavy atom. The molecule has 2 heterocycles. The van der Waals surface area contributed by atoms with Gasteiger partial charge in [-0.1, -0.05) is 18.5 Å². The van der Waals surface area contributed by atoms with Crippen LogP contribution in [0, 0.1) is 5.92 Å². The SMILES string of the molecule is COCCN(C(=O)C(C)CSC)c1cn(-c2cccnc2)nc1Cl. The van der Waals surface area contributed by atoms with Gasteiger partial charge in [-0.2, -0.15) is 16.9 Å². The summed E-state index contributed by atoms with van der Waals surface area (Å²) in [6.45, 7) is 2.76. The summed E-state index contributed by atoms with van der Waals surface area (Å²) in [4.78, 5) is 18.5. The Morgan fingerprint density at radius 2 is 2.33 bits per heavy atom. The summed E-state index contributed by atoms with van der Waals surface area (Å²) >= 11 is 7.94. The molecule has 130 valence electrons. The summed E-state index contributed by atoms with van der Waals surface area (Å²) in [5, 5.41) is 4.58. The van der Waals surface area contributed by atoms with Gasteiger partial charge in [0.05, 0.1) is 24.7 Å². The molecule has 0 bridgehead atoms. The zero-order valence-electron chi connectivity index (χ0n) is 14.0. The van der Waals surface area contributed by atoms with Gasteiger partial charge in [-0.25, -0.2) is 4.68 Å². The zero-order valence-corrected chi connectivity index (χ0v) is 15.5. The lowest BCUT2D eigenvalue weighted by Crippen LogP contribution is -2.38. The van der Waals surface area contributed by atoms with Gasteiger partial charge >= 0.3 is 0 Å². The van der Waals surface area contributed by atoms with Crippen molar-refractivity contribution in [2.45, 2.75) is 6.92 Å². The van der Waals surface area contributed by atoms with Gasteiger partial charge in [0.15, 0.2) is 5.15 Å². The van der Waals surface area contributed by atoms with E-state index in [-0.39, 0.29) is 17.0 Å². The third kappa shape index (κ3) is 4.49. The Kier molecular flexibility index (Phi) is 7.08.